The van der Waals surface area contributed by atoms with Crippen LogP contribution in [-0.4, -0.2) is 6.21 Å². The first-order valence-corrected chi connectivity index (χ1v) is 6.87. The Morgan fingerprint density at radius 2 is 1.84 bits per heavy atom. The standard InChI is InChI=1S/C18H23N/c1-12-9-10-15(13(12)2)17-14(11-19)7-6-8-16(17)18(3,4)5/h6-9,11,19H,10H2,1-5H3. The van der Waals surface area contributed by atoms with E-state index in [0.29, 0.717) is 0 Å². The van der Waals surface area contributed by atoms with Gasteiger partial charge in [0.1, 0.15) is 0 Å². The van der Waals surface area contributed by atoms with Crippen LogP contribution in [0.2, 0.25) is 0 Å². The Morgan fingerprint density at radius 1 is 1.16 bits per heavy atom. The highest BCUT2D eigenvalue weighted by atomic mass is 14.4. The first kappa shape index (κ1) is 13.8. The Kier molecular flexibility index (Phi) is 3.49. The fourth-order valence-electron chi connectivity index (χ4n) is 2.74. The molecule has 0 aliphatic heterocycles. The van der Waals surface area contributed by atoms with Crippen LogP contribution in [0.5, 0.6) is 0 Å². The highest BCUT2D eigenvalue weighted by Crippen LogP contribution is 2.39. The van der Waals surface area contributed by atoms with Crippen molar-refractivity contribution in [3.63, 3.8) is 0 Å². The summed E-state index contributed by atoms with van der Waals surface area (Å²) < 4.78 is 0. The number of hydrogen-bond donors (Lipinski definition) is 1. The molecule has 2 rings (SSSR count). The summed E-state index contributed by atoms with van der Waals surface area (Å²) in [5, 5.41) is 7.70. The summed E-state index contributed by atoms with van der Waals surface area (Å²) in [4.78, 5) is 0. The summed E-state index contributed by atoms with van der Waals surface area (Å²) in [7, 11) is 0. The van der Waals surface area contributed by atoms with Crippen LogP contribution < -0.4 is 0 Å². The topological polar surface area (TPSA) is 23.9 Å². The molecule has 0 heterocycles. The summed E-state index contributed by atoms with van der Waals surface area (Å²) in [6.45, 7) is 11.1. The van der Waals surface area contributed by atoms with Crippen LogP contribution in [0.1, 0.15) is 57.7 Å². The normalized spacial score (nSPS) is 15.7. The van der Waals surface area contributed by atoms with Crippen molar-refractivity contribution in [3.05, 3.63) is 52.1 Å². The van der Waals surface area contributed by atoms with Gasteiger partial charge in [0.25, 0.3) is 0 Å². The maximum absolute atomic E-state index is 7.70. The number of benzene rings is 1. The minimum Gasteiger partial charge on any atom is -0.308 e. The lowest BCUT2D eigenvalue weighted by Crippen LogP contribution is -2.15. The first-order valence-electron chi connectivity index (χ1n) is 6.87. The summed E-state index contributed by atoms with van der Waals surface area (Å²) >= 11 is 0. The maximum atomic E-state index is 7.70. The molecule has 0 radical (unpaired) electrons. The molecule has 0 fully saturated rings. The predicted molar refractivity (Wildman–Crippen MR) is 84.0 cm³/mol. The van der Waals surface area contributed by atoms with Crippen molar-refractivity contribution < 1.29 is 0 Å². The van der Waals surface area contributed by atoms with Gasteiger partial charge in [-0.25, -0.2) is 0 Å². The molecule has 100 valence electrons. The third kappa shape index (κ3) is 2.42. The van der Waals surface area contributed by atoms with E-state index in [9.17, 15) is 0 Å². The van der Waals surface area contributed by atoms with Crippen molar-refractivity contribution in [1.29, 1.82) is 5.41 Å². The molecule has 1 aromatic carbocycles. The van der Waals surface area contributed by atoms with Crippen molar-refractivity contribution in [3.8, 4) is 0 Å². The predicted octanol–water partition coefficient (Wildman–Crippen LogP) is 5.11. The van der Waals surface area contributed by atoms with E-state index >= 15 is 0 Å². The highest BCUT2D eigenvalue weighted by molar-refractivity contribution is 5.91. The maximum Gasteiger partial charge on any atom is 0.0256 e. The van der Waals surface area contributed by atoms with E-state index in [1.54, 1.807) is 0 Å². The second-order valence-electron chi connectivity index (χ2n) is 6.36. The minimum atomic E-state index is 0.0954. The van der Waals surface area contributed by atoms with E-state index < -0.39 is 0 Å². The molecule has 0 aromatic heterocycles. The fraction of sp³-hybridized carbons (Fsp3) is 0.389. The number of rotatable bonds is 2. The summed E-state index contributed by atoms with van der Waals surface area (Å²) in [6.07, 6.45) is 4.77. The van der Waals surface area contributed by atoms with Crippen LogP contribution in [0.15, 0.2) is 35.4 Å². The lowest BCUT2D eigenvalue weighted by atomic mass is 9.79. The van der Waals surface area contributed by atoms with Gasteiger partial charge >= 0.3 is 0 Å². The van der Waals surface area contributed by atoms with Crippen molar-refractivity contribution in [1.82, 2.24) is 0 Å². The second kappa shape index (κ2) is 4.80. The molecule has 1 aliphatic carbocycles. The SMILES string of the molecule is CC1=CCC(c2c(C=N)cccc2C(C)(C)C)=C1C. The molecule has 1 aliphatic rings. The monoisotopic (exact) mass is 253 g/mol. The third-order valence-corrected chi connectivity index (χ3v) is 4.02. The van der Waals surface area contributed by atoms with E-state index in [0.717, 1.165) is 12.0 Å². The molecule has 1 nitrogen and oxygen atoms in total. The number of nitrogens with one attached hydrogen (secondary N) is 1. The Hall–Kier alpha value is -1.63. The molecular formula is C18H23N. The van der Waals surface area contributed by atoms with Crippen LogP contribution >= 0.6 is 0 Å². The molecule has 0 saturated heterocycles. The third-order valence-electron chi connectivity index (χ3n) is 4.02. The molecule has 1 aromatic rings. The number of allylic oxidation sites excluding steroid dienone is 4. The molecule has 19 heavy (non-hydrogen) atoms. The van der Waals surface area contributed by atoms with Gasteiger partial charge in [0.2, 0.25) is 0 Å². The van der Waals surface area contributed by atoms with E-state index in [1.807, 2.05) is 6.07 Å². The van der Waals surface area contributed by atoms with Gasteiger partial charge in [0, 0.05) is 6.21 Å². The zero-order valence-corrected chi connectivity index (χ0v) is 12.6. The lowest BCUT2D eigenvalue weighted by Gasteiger charge is -2.25. The second-order valence-corrected chi connectivity index (χ2v) is 6.36. The molecule has 0 unspecified atom stereocenters. The summed E-state index contributed by atoms with van der Waals surface area (Å²) in [5.41, 5.74) is 7.88. The molecule has 1 N–H and O–H groups in total. The Labute approximate surface area is 116 Å². The minimum absolute atomic E-state index is 0.0954. The summed E-state index contributed by atoms with van der Waals surface area (Å²) in [6, 6.07) is 6.32. The Bertz CT molecular complexity index is 580. The van der Waals surface area contributed by atoms with Crippen molar-refractivity contribution in [2.45, 2.75) is 46.5 Å². The van der Waals surface area contributed by atoms with Crippen LogP contribution in [-0.2, 0) is 5.41 Å². The van der Waals surface area contributed by atoms with Gasteiger partial charge < -0.3 is 5.41 Å². The van der Waals surface area contributed by atoms with E-state index in [4.69, 9.17) is 5.41 Å². The number of hydrogen-bond acceptors (Lipinski definition) is 1. The van der Waals surface area contributed by atoms with Crippen LogP contribution in [0.25, 0.3) is 5.57 Å². The van der Waals surface area contributed by atoms with E-state index in [-0.39, 0.29) is 5.41 Å². The van der Waals surface area contributed by atoms with E-state index in [1.165, 1.54) is 34.1 Å². The van der Waals surface area contributed by atoms with Gasteiger partial charge in [-0.15, -0.1) is 0 Å². The van der Waals surface area contributed by atoms with Gasteiger partial charge in [-0.2, -0.15) is 0 Å². The van der Waals surface area contributed by atoms with Crippen molar-refractivity contribution in [2.24, 2.45) is 0 Å². The highest BCUT2D eigenvalue weighted by Gasteiger charge is 2.24. The summed E-state index contributed by atoms with van der Waals surface area (Å²) in [5.74, 6) is 0. The average Bonchev–Trinajstić information content (AvgIpc) is 2.68. The van der Waals surface area contributed by atoms with Gasteiger partial charge in [-0.05, 0) is 53.5 Å². The Morgan fingerprint density at radius 3 is 2.32 bits per heavy atom. The molecule has 1 heteroatoms. The molecular weight excluding hydrogens is 230 g/mol. The van der Waals surface area contributed by atoms with Gasteiger partial charge in [0.15, 0.2) is 0 Å². The van der Waals surface area contributed by atoms with Crippen LogP contribution in [0.3, 0.4) is 0 Å². The molecule has 0 amide bonds. The largest absolute Gasteiger partial charge is 0.308 e. The molecule has 0 atom stereocenters. The van der Waals surface area contributed by atoms with Gasteiger partial charge in [-0.3, -0.25) is 0 Å². The molecule has 0 spiro atoms. The first-order chi connectivity index (χ1) is 8.86. The average molecular weight is 253 g/mol. The zero-order chi connectivity index (χ0) is 14.2. The van der Waals surface area contributed by atoms with Crippen molar-refractivity contribution in [2.75, 3.05) is 0 Å². The molecule has 0 bridgehead atoms. The van der Waals surface area contributed by atoms with Crippen molar-refractivity contribution >= 4 is 11.8 Å². The lowest BCUT2D eigenvalue weighted by molar-refractivity contribution is 0.588. The smallest absolute Gasteiger partial charge is 0.0256 e. The van der Waals surface area contributed by atoms with Gasteiger partial charge in [-0.1, -0.05) is 50.6 Å². The van der Waals surface area contributed by atoms with E-state index in [2.05, 4.69) is 52.8 Å². The molecule has 0 saturated carbocycles. The van der Waals surface area contributed by atoms with Crippen LogP contribution in [0, 0.1) is 5.41 Å². The fourth-order valence-corrected chi connectivity index (χ4v) is 2.74. The quantitative estimate of drug-likeness (QED) is 0.709. The Balaban J connectivity index is 2.72. The van der Waals surface area contributed by atoms with Crippen LogP contribution in [0.4, 0.5) is 0 Å². The zero-order valence-electron chi connectivity index (χ0n) is 12.6. The van der Waals surface area contributed by atoms with Gasteiger partial charge in [0.05, 0.1) is 0 Å².